The topological polar surface area (TPSA) is 82.0 Å². The van der Waals surface area contributed by atoms with Gasteiger partial charge in [0.15, 0.2) is 0 Å². The average molecular weight is 334 g/mol. The number of piperidine rings is 1. The van der Waals surface area contributed by atoms with Crippen molar-refractivity contribution >= 4 is 11.4 Å². The highest BCUT2D eigenvalue weighted by molar-refractivity contribution is 5.70. The first-order chi connectivity index (χ1) is 11.5. The molecule has 134 valence electrons. The molecule has 24 heavy (non-hydrogen) atoms. The molecule has 1 aliphatic heterocycles. The van der Waals surface area contributed by atoms with Crippen molar-refractivity contribution in [3.63, 3.8) is 0 Å². The second kappa shape index (κ2) is 7.70. The van der Waals surface area contributed by atoms with E-state index in [-0.39, 0.29) is 17.0 Å². The van der Waals surface area contributed by atoms with Crippen molar-refractivity contribution in [3.8, 4) is 0 Å². The van der Waals surface area contributed by atoms with Gasteiger partial charge in [0.25, 0.3) is 0 Å². The summed E-state index contributed by atoms with van der Waals surface area (Å²) in [4.78, 5) is 2.55. The lowest BCUT2D eigenvalue weighted by Gasteiger charge is -2.40. The second-order valence-electron chi connectivity index (χ2n) is 7.21. The Kier molecular flexibility index (Phi) is 5.61. The molecular weight excluding hydrogens is 306 g/mol. The van der Waals surface area contributed by atoms with Gasteiger partial charge in [0.2, 0.25) is 0 Å². The highest BCUT2D eigenvalue weighted by Crippen LogP contribution is 2.30. The minimum absolute atomic E-state index is 0.0652. The van der Waals surface area contributed by atoms with Crippen molar-refractivity contribution in [2.45, 2.75) is 63.6 Å². The van der Waals surface area contributed by atoms with Crippen LogP contribution in [0.1, 0.15) is 44.1 Å². The molecule has 6 nitrogen and oxygen atoms in total. The summed E-state index contributed by atoms with van der Waals surface area (Å²) in [5.74, 6) is 0. The Labute approximate surface area is 143 Å². The highest BCUT2D eigenvalue weighted by atomic mass is 16.8. The van der Waals surface area contributed by atoms with Crippen molar-refractivity contribution in [1.82, 2.24) is 4.90 Å². The van der Waals surface area contributed by atoms with E-state index < -0.39 is 0 Å². The van der Waals surface area contributed by atoms with Gasteiger partial charge >= 0.3 is 0 Å². The van der Waals surface area contributed by atoms with Crippen LogP contribution in [0, 0.1) is 12.1 Å². The van der Waals surface area contributed by atoms with Crippen LogP contribution in [-0.4, -0.2) is 46.5 Å². The molecule has 0 bridgehead atoms. The van der Waals surface area contributed by atoms with Crippen molar-refractivity contribution in [2.75, 3.05) is 23.6 Å². The fraction of sp³-hybridized carbons (Fsp3) is 0.667. The van der Waals surface area contributed by atoms with E-state index in [0.717, 1.165) is 57.2 Å². The minimum atomic E-state index is -0.103. The minimum Gasteiger partial charge on any atom is -0.733 e. The lowest BCUT2D eigenvalue weighted by molar-refractivity contribution is 0.0633. The number of hydrogen-bond acceptors (Lipinski definition) is 6. The predicted octanol–water partition coefficient (Wildman–Crippen LogP) is 2.87. The Balaban J connectivity index is 1.55. The molecule has 2 aliphatic rings. The zero-order valence-electron chi connectivity index (χ0n) is 14.3. The van der Waals surface area contributed by atoms with E-state index in [4.69, 9.17) is 0 Å². The van der Waals surface area contributed by atoms with Crippen molar-refractivity contribution in [1.29, 1.82) is 0 Å². The van der Waals surface area contributed by atoms with Gasteiger partial charge in [-0.3, -0.25) is 5.21 Å². The molecule has 0 aromatic heterocycles. The standard InChI is InChI=1S/C18H28N3O3/c1-13-2-7-18(21(23)24)17(12-13)19-14-8-10-20(11-9-14)15-3-5-16(22)6-4-15/h2,7,12,14-16,19,22-23H,3-6,8-11H2,1H3/q-1. The normalized spacial score (nSPS) is 26.3. The summed E-state index contributed by atoms with van der Waals surface area (Å²) < 4.78 is 0. The summed E-state index contributed by atoms with van der Waals surface area (Å²) in [5, 5.41) is 33.6. The van der Waals surface area contributed by atoms with Gasteiger partial charge in [-0.25, -0.2) is 0 Å². The number of aryl methyl sites for hydroxylation is 1. The number of anilines is 2. The maximum absolute atomic E-state index is 11.3. The third-order valence-electron chi connectivity index (χ3n) is 5.43. The molecule has 0 unspecified atom stereocenters. The van der Waals surface area contributed by atoms with Crippen molar-refractivity contribution in [3.05, 3.63) is 29.0 Å². The van der Waals surface area contributed by atoms with Crippen molar-refractivity contribution in [2.24, 2.45) is 0 Å². The Bertz CT molecular complexity index is 536. The zero-order valence-corrected chi connectivity index (χ0v) is 14.3. The maximum atomic E-state index is 11.3. The molecule has 3 N–H and O–H groups in total. The molecule has 6 heteroatoms. The number of likely N-dealkylation sites (tertiary alicyclic amines) is 1. The zero-order chi connectivity index (χ0) is 17.1. The molecule has 1 aliphatic carbocycles. The molecule has 1 saturated heterocycles. The fourth-order valence-electron chi connectivity index (χ4n) is 3.98. The second-order valence-corrected chi connectivity index (χ2v) is 7.21. The molecule has 1 aromatic carbocycles. The Hall–Kier alpha value is -1.34. The van der Waals surface area contributed by atoms with Crippen LogP contribution in [0.4, 0.5) is 11.4 Å². The summed E-state index contributed by atoms with van der Waals surface area (Å²) in [5.41, 5.74) is 2.03. The van der Waals surface area contributed by atoms with Crippen molar-refractivity contribution < 1.29 is 10.3 Å². The van der Waals surface area contributed by atoms with Crippen LogP contribution in [0.15, 0.2) is 18.2 Å². The molecule has 0 radical (unpaired) electrons. The van der Waals surface area contributed by atoms with Crippen LogP contribution < -0.4 is 10.5 Å². The van der Waals surface area contributed by atoms with Crippen LogP contribution in [0.5, 0.6) is 0 Å². The van der Waals surface area contributed by atoms with Crippen LogP contribution in [0.3, 0.4) is 0 Å². The molecule has 1 heterocycles. The molecule has 2 fully saturated rings. The van der Waals surface area contributed by atoms with Gasteiger partial charge in [-0.1, -0.05) is 6.07 Å². The lowest BCUT2D eigenvalue weighted by Crippen LogP contribution is -2.46. The van der Waals surface area contributed by atoms with Gasteiger partial charge in [0.1, 0.15) is 0 Å². The average Bonchev–Trinajstić information content (AvgIpc) is 2.56. The van der Waals surface area contributed by atoms with Gasteiger partial charge in [-0.15, -0.1) is 0 Å². The van der Waals surface area contributed by atoms with E-state index in [0.29, 0.717) is 17.8 Å². The van der Waals surface area contributed by atoms with E-state index in [2.05, 4.69) is 10.2 Å². The Morgan fingerprint density at radius 3 is 2.42 bits per heavy atom. The molecule has 0 atom stereocenters. The number of benzene rings is 1. The van der Waals surface area contributed by atoms with E-state index in [1.54, 1.807) is 6.07 Å². The number of aliphatic hydroxyl groups excluding tert-OH is 1. The van der Waals surface area contributed by atoms with Crippen LogP contribution in [-0.2, 0) is 0 Å². The number of nitrogens with one attached hydrogen (secondary N) is 1. The summed E-state index contributed by atoms with van der Waals surface area (Å²) in [6.45, 7) is 4.06. The van der Waals surface area contributed by atoms with Gasteiger partial charge in [0, 0.05) is 25.2 Å². The summed E-state index contributed by atoms with van der Waals surface area (Å²) in [7, 11) is 0. The largest absolute Gasteiger partial charge is 0.733 e. The maximum Gasteiger partial charge on any atom is 0.0741 e. The Morgan fingerprint density at radius 2 is 1.79 bits per heavy atom. The molecule has 0 amide bonds. The van der Waals surface area contributed by atoms with Gasteiger partial charge < -0.3 is 25.8 Å². The summed E-state index contributed by atoms with van der Waals surface area (Å²) in [6, 6.07) is 6.30. The number of aliphatic hydroxyl groups is 1. The van der Waals surface area contributed by atoms with Crippen LogP contribution in [0.2, 0.25) is 0 Å². The predicted molar refractivity (Wildman–Crippen MR) is 95.3 cm³/mol. The first-order valence-electron chi connectivity index (χ1n) is 8.98. The smallest absolute Gasteiger partial charge is 0.0741 e. The van der Waals surface area contributed by atoms with Gasteiger partial charge in [0.05, 0.1) is 17.5 Å². The van der Waals surface area contributed by atoms with E-state index in [1.165, 1.54) is 0 Å². The number of rotatable bonds is 4. The molecule has 3 rings (SSSR count). The van der Waals surface area contributed by atoms with Gasteiger partial charge in [-0.2, -0.15) is 0 Å². The molecule has 0 spiro atoms. The van der Waals surface area contributed by atoms with E-state index in [1.807, 2.05) is 19.1 Å². The van der Waals surface area contributed by atoms with E-state index >= 15 is 0 Å². The number of nitrogens with zero attached hydrogens (tertiary/aromatic N) is 2. The first-order valence-corrected chi connectivity index (χ1v) is 8.98. The highest BCUT2D eigenvalue weighted by Gasteiger charge is 2.28. The number of hydrogen-bond donors (Lipinski definition) is 3. The third kappa shape index (κ3) is 4.19. The molecule has 1 saturated carbocycles. The molecule has 1 aromatic rings. The van der Waals surface area contributed by atoms with Crippen LogP contribution in [0.25, 0.3) is 0 Å². The van der Waals surface area contributed by atoms with E-state index in [9.17, 15) is 15.5 Å². The molecular formula is C18H28N3O3-. The first kappa shape index (κ1) is 17.5. The third-order valence-corrected chi connectivity index (χ3v) is 5.43. The van der Waals surface area contributed by atoms with Crippen LogP contribution >= 0.6 is 0 Å². The van der Waals surface area contributed by atoms with Gasteiger partial charge in [-0.05, 0) is 63.1 Å². The SMILES string of the molecule is Cc1ccc(N([O-])O)c(NC2CCN(C3CCC(O)CC3)CC2)c1. The quantitative estimate of drug-likeness (QED) is 0.735. The Morgan fingerprint density at radius 1 is 1.12 bits per heavy atom. The summed E-state index contributed by atoms with van der Waals surface area (Å²) in [6.07, 6.45) is 5.98. The fourth-order valence-corrected chi connectivity index (χ4v) is 3.98. The lowest BCUT2D eigenvalue weighted by atomic mass is 9.90. The summed E-state index contributed by atoms with van der Waals surface area (Å²) >= 11 is 0. The monoisotopic (exact) mass is 334 g/mol.